The van der Waals surface area contributed by atoms with E-state index < -0.39 is 6.10 Å². The summed E-state index contributed by atoms with van der Waals surface area (Å²) in [5.41, 5.74) is 0.803. The smallest absolute Gasteiger partial charge is 0.248 e. The van der Waals surface area contributed by atoms with Gasteiger partial charge in [-0.25, -0.2) is 0 Å². The molecule has 2 rings (SSSR count). The summed E-state index contributed by atoms with van der Waals surface area (Å²) >= 11 is 0. The molecular formula is C15H20N2O3. The molecule has 2 aromatic rings. The molecule has 0 bridgehead atoms. The Kier molecular flexibility index (Phi) is 4.42. The van der Waals surface area contributed by atoms with E-state index in [1.165, 1.54) is 12.1 Å². The molecule has 5 heteroatoms. The van der Waals surface area contributed by atoms with E-state index in [4.69, 9.17) is 0 Å². The summed E-state index contributed by atoms with van der Waals surface area (Å²) in [4.78, 5) is 16.1. The number of fused-ring (bicyclic) bond motifs is 1. The van der Waals surface area contributed by atoms with Crippen molar-refractivity contribution in [1.82, 2.24) is 9.88 Å². The molecule has 0 aliphatic carbocycles. The Bertz CT molecular complexity index is 647. The van der Waals surface area contributed by atoms with Crippen LogP contribution in [0, 0.1) is 0 Å². The molecule has 0 aliphatic heterocycles. The topological polar surface area (TPSA) is 76.6 Å². The van der Waals surface area contributed by atoms with Crippen LogP contribution in [0.15, 0.2) is 29.1 Å². The lowest BCUT2D eigenvalue weighted by Crippen LogP contribution is -2.28. The van der Waals surface area contributed by atoms with E-state index in [2.05, 4.69) is 9.88 Å². The SMILES string of the molecule is CCN(CC)CC(O)c1ccc(O)c2[nH]c(=O)ccc12. The van der Waals surface area contributed by atoms with E-state index in [1.54, 1.807) is 12.1 Å². The van der Waals surface area contributed by atoms with E-state index >= 15 is 0 Å². The number of hydrogen-bond donors (Lipinski definition) is 3. The fourth-order valence-electron chi connectivity index (χ4n) is 2.37. The van der Waals surface area contributed by atoms with E-state index in [0.29, 0.717) is 23.0 Å². The highest BCUT2D eigenvalue weighted by molar-refractivity contribution is 5.87. The second kappa shape index (κ2) is 6.07. The Balaban J connectivity index is 2.44. The normalized spacial score (nSPS) is 13.0. The van der Waals surface area contributed by atoms with Crippen LogP contribution in [0.3, 0.4) is 0 Å². The number of aromatic nitrogens is 1. The minimum absolute atomic E-state index is 0.0106. The van der Waals surface area contributed by atoms with Gasteiger partial charge < -0.3 is 20.1 Å². The zero-order valence-corrected chi connectivity index (χ0v) is 11.8. The average molecular weight is 276 g/mol. The van der Waals surface area contributed by atoms with Gasteiger partial charge in [-0.05, 0) is 30.8 Å². The van der Waals surface area contributed by atoms with Crippen LogP contribution in [-0.2, 0) is 0 Å². The van der Waals surface area contributed by atoms with Gasteiger partial charge in [-0.1, -0.05) is 19.9 Å². The summed E-state index contributed by atoms with van der Waals surface area (Å²) < 4.78 is 0. The van der Waals surface area contributed by atoms with Crippen molar-refractivity contribution in [3.63, 3.8) is 0 Å². The van der Waals surface area contributed by atoms with Crippen molar-refractivity contribution in [2.45, 2.75) is 20.0 Å². The number of aromatic amines is 1. The van der Waals surface area contributed by atoms with Crippen LogP contribution in [0.1, 0.15) is 25.5 Å². The molecular weight excluding hydrogens is 256 g/mol. The molecule has 1 aromatic heterocycles. The Morgan fingerprint density at radius 3 is 2.55 bits per heavy atom. The van der Waals surface area contributed by atoms with Crippen molar-refractivity contribution >= 4 is 10.9 Å². The Morgan fingerprint density at radius 1 is 1.20 bits per heavy atom. The third kappa shape index (κ3) is 2.84. The number of benzene rings is 1. The van der Waals surface area contributed by atoms with Crippen LogP contribution in [0.25, 0.3) is 10.9 Å². The first kappa shape index (κ1) is 14.6. The van der Waals surface area contributed by atoms with Crippen LogP contribution in [0.2, 0.25) is 0 Å². The van der Waals surface area contributed by atoms with Crippen molar-refractivity contribution in [2.75, 3.05) is 19.6 Å². The molecule has 0 aliphatic rings. The number of hydrogen-bond acceptors (Lipinski definition) is 4. The predicted molar refractivity (Wildman–Crippen MR) is 79.0 cm³/mol. The fourth-order valence-corrected chi connectivity index (χ4v) is 2.37. The lowest BCUT2D eigenvalue weighted by molar-refractivity contribution is 0.120. The number of aromatic hydroxyl groups is 1. The largest absolute Gasteiger partial charge is 0.506 e. The van der Waals surface area contributed by atoms with Gasteiger partial charge in [-0.2, -0.15) is 0 Å². The fraction of sp³-hybridized carbons (Fsp3) is 0.400. The number of phenols is 1. The van der Waals surface area contributed by atoms with Gasteiger partial charge in [0.2, 0.25) is 5.56 Å². The van der Waals surface area contributed by atoms with Crippen molar-refractivity contribution in [1.29, 1.82) is 0 Å². The van der Waals surface area contributed by atoms with Crippen LogP contribution < -0.4 is 5.56 Å². The zero-order chi connectivity index (χ0) is 14.7. The third-order valence-electron chi connectivity index (χ3n) is 3.59. The first-order chi connectivity index (χ1) is 9.56. The van der Waals surface area contributed by atoms with Crippen molar-refractivity contribution < 1.29 is 10.2 Å². The lowest BCUT2D eigenvalue weighted by Gasteiger charge is -2.23. The second-order valence-corrected chi connectivity index (χ2v) is 4.79. The summed E-state index contributed by atoms with van der Waals surface area (Å²) in [5.74, 6) is 0.0106. The molecule has 1 aromatic carbocycles. The predicted octanol–water partition coefficient (Wildman–Crippen LogP) is 1.61. The molecule has 3 N–H and O–H groups in total. The number of nitrogens with zero attached hydrogens (tertiary/aromatic N) is 1. The summed E-state index contributed by atoms with van der Waals surface area (Å²) in [6.07, 6.45) is -0.663. The maximum absolute atomic E-state index is 11.3. The van der Waals surface area contributed by atoms with Gasteiger partial charge in [0.05, 0.1) is 11.6 Å². The molecule has 108 valence electrons. The number of pyridine rings is 1. The average Bonchev–Trinajstić information content (AvgIpc) is 2.45. The molecule has 5 nitrogen and oxygen atoms in total. The summed E-state index contributed by atoms with van der Waals surface area (Å²) in [6, 6.07) is 6.23. The Labute approximate surface area is 117 Å². The molecule has 1 unspecified atom stereocenters. The Morgan fingerprint density at radius 2 is 1.90 bits per heavy atom. The summed E-state index contributed by atoms with van der Waals surface area (Å²) in [5, 5.41) is 20.9. The summed E-state index contributed by atoms with van der Waals surface area (Å²) in [6.45, 7) is 6.33. The second-order valence-electron chi connectivity index (χ2n) is 4.79. The maximum atomic E-state index is 11.3. The molecule has 0 fully saturated rings. The highest BCUT2D eigenvalue weighted by atomic mass is 16.3. The molecule has 0 radical (unpaired) electrons. The van der Waals surface area contributed by atoms with E-state index in [0.717, 1.165) is 13.1 Å². The van der Waals surface area contributed by atoms with Gasteiger partial charge in [0.15, 0.2) is 0 Å². The van der Waals surface area contributed by atoms with E-state index in [-0.39, 0.29) is 11.3 Å². The van der Waals surface area contributed by atoms with Gasteiger partial charge >= 0.3 is 0 Å². The third-order valence-corrected chi connectivity index (χ3v) is 3.59. The standard InChI is InChI=1S/C15H20N2O3/c1-3-17(4-2)9-13(19)10-5-7-12(18)15-11(10)6-8-14(20)16-15/h5-8,13,18-19H,3-4,9H2,1-2H3,(H,16,20). The number of likely N-dealkylation sites (N-methyl/N-ethyl adjacent to an activating group) is 1. The number of phenolic OH excluding ortho intramolecular Hbond substituents is 1. The molecule has 0 saturated carbocycles. The molecule has 0 amide bonds. The number of H-pyrrole nitrogens is 1. The van der Waals surface area contributed by atoms with Crippen molar-refractivity contribution in [3.05, 3.63) is 40.2 Å². The Hall–Kier alpha value is -1.85. The highest BCUT2D eigenvalue weighted by Gasteiger charge is 2.16. The number of aliphatic hydroxyl groups is 1. The maximum Gasteiger partial charge on any atom is 0.248 e. The number of nitrogens with one attached hydrogen (secondary N) is 1. The van der Waals surface area contributed by atoms with E-state index in [1.807, 2.05) is 13.8 Å². The van der Waals surface area contributed by atoms with Gasteiger partial charge in [0.25, 0.3) is 0 Å². The van der Waals surface area contributed by atoms with E-state index in [9.17, 15) is 15.0 Å². The van der Waals surface area contributed by atoms with Crippen LogP contribution in [0.5, 0.6) is 5.75 Å². The number of rotatable bonds is 5. The minimum Gasteiger partial charge on any atom is -0.506 e. The minimum atomic E-state index is -0.663. The number of aliphatic hydroxyl groups excluding tert-OH is 1. The van der Waals surface area contributed by atoms with Gasteiger partial charge in [0, 0.05) is 18.0 Å². The van der Waals surface area contributed by atoms with Crippen LogP contribution in [0.4, 0.5) is 0 Å². The molecule has 0 spiro atoms. The van der Waals surface area contributed by atoms with Crippen LogP contribution in [-0.4, -0.2) is 39.7 Å². The monoisotopic (exact) mass is 276 g/mol. The molecule has 1 heterocycles. The molecule has 20 heavy (non-hydrogen) atoms. The van der Waals surface area contributed by atoms with Crippen LogP contribution >= 0.6 is 0 Å². The molecule has 1 atom stereocenters. The quantitative estimate of drug-likeness (QED) is 0.775. The van der Waals surface area contributed by atoms with Crippen molar-refractivity contribution in [3.8, 4) is 5.75 Å². The van der Waals surface area contributed by atoms with Gasteiger partial charge in [0.1, 0.15) is 5.75 Å². The van der Waals surface area contributed by atoms with Gasteiger partial charge in [-0.15, -0.1) is 0 Å². The lowest BCUT2D eigenvalue weighted by atomic mass is 10.0. The summed E-state index contributed by atoms with van der Waals surface area (Å²) in [7, 11) is 0. The first-order valence-corrected chi connectivity index (χ1v) is 6.82. The molecule has 0 saturated heterocycles. The highest BCUT2D eigenvalue weighted by Crippen LogP contribution is 2.29. The zero-order valence-electron chi connectivity index (χ0n) is 11.8. The van der Waals surface area contributed by atoms with Gasteiger partial charge in [-0.3, -0.25) is 4.79 Å². The van der Waals surface area contributed by atoms with Crippen molar-refractivity contribution in [2.24, 2.45) is 0 Å². The first-order valence-electron chi connectivity index (χ1n) is 6.82.